The van der Waals surface area contributed by atoms with Crippen LogP contribution in [0.4, 0.5) is 0 Å². The number of aliphatic hydroxyl groups is 4. The van der Waals surface area contributed by atoms with Gasteiger partial charge in [0.25, 0.3) is 0 Å². The molecule has 4 heterocycles. The van der Waals surface area contributed by atoms with Gasteiger partial charge in [-0.2, -0.15) is 0 Å². The van der Waals surface area contributed by atoms with Crippen molar-refractivity contribution in [2.24, 2.45) is 0 Å². The smallest absolute Gasteiger partial charge is 0.101 e. The predicted molar refractivity (Wildman–Crippen MR) is 67.3 cm³/mol. The van der Waals surface area contributed by atoms with Gasteiger partial charge in [0.15, 0.2) is 0 Å². The predicted octanol–water partition coefficient (Wildman–Crippen LogP) is -2.49. The summed E-state index contributed by atoms with van der Waals surface area (Å²) in [6, 6.07) is 0. The second-order valence-electron chi connectivity index (χ2n) is 4.77. The van der Waals surface area contributed by atoms with E-state index in [1.54, 1.807) is 0 Å². The van der Waals surface area contributed by atoms with Crippen LogP contribution in [0.5, 0.6) is 0 Å². The van der Waals surface area contributed by atoms with Crippen LogP contribution in [0.25, 0.3) is 0 Å². The van der Waals surface area contributed by atoms with Gasteiger partial charge in [0.2, 0.25) is 0 Å². The molecular formula is C12H24O8Zr. The van der Waals surface area contributed by atoms with E-state index in [2.05, 4.69) is 18.9 Å². The topological polar surface area (TPSA) is 118 Å². The molecule has 0 radical (unpaired) electrons. The molecule has 4 aliphatic heterocycles. The van der Waals surface area contributed by atoms with Crippen LogP contribution in [0.2, 0.25) is 0 Å². The van der Waals surface area contributed by atoms with Crippen molar-refractivity contribution in [1.82, 2.24) is 0 Å². The SMILES string of the molecule is OC1COC1.OC1COC1.OC1COC1.OC1COC1.[Zr]. The molecule has 0 atom stereocenters. The van der Waals surface area contributed by atoms with Crippen LogP contribution in [-0.4, -0.2) is 97.7 Å². The molecule has 4 aliphatic rings. The molecule has 0 aromatic carbocycles. The standard InChI is InChI=1S/4C3H6O2.Zr/c4*4-3-1-5-2-3;/h4*3-4H,1-2H2;. The Kier molecular flexibility index (Phi) is 13.4. The summed E-state index contributed by atoms with van der Waals surface area (Å²) < 4.78 is 18.3. The maximum Gasteiger partial charge on any atom is 0.101 e. The Morgan fingerprint density at radius 1 is 0.429 bits per heavy atom. The minimum absolute atomic E-state index is 0. The molecule has 4 fully saturated rings. The number of hydrogen-bond donors (Lipinski definition) is 4. The van der Waals surface area contributed by atoms with Gasteiger partial charge in [0.05, 0.1) is 52.9 Å². The average molecular weight is 388 g/mol. The Morgan fingerprint density at radius 3 is 0.524 bits per heavy atom. The molecule has 9 heteroatoms. The summed E-state index contributed by atoms with van der Waals surface area (Å²) in [6.07, 6.45) is -0.630. The summed E-state index contributed by atoms with van der Waals surface area (Å²) in [4.78, 5) is 0. The molecule has 0 aromatic rings. The molecular weight excluding hydrogens is 363 g/mol. The zero-order chi connectivity index (χ0) is 14.8. The largest absolute Gasteiger partial charge is 0.388 e. The van der Waals surface area contributed by atoms with Crippen LogP contribution in [-0.2, 0) is 45.2 Å². The molecule has 4 saturated heterocycles. The van der Waals surface area contributed by atoms with Crippen molar-refractivity contribution >= 4 is 0 Å². The zero-order valence-electron chi connectivity index (χ0n) is 11.9. The van der Waals surface area contributed by atoms with Crippen molar-refractivity contribution in [3.05, 3.63) is 0 Å². The molecule has 21 heavy (non-hydrogen) atoms. The minimum Gasteiger partial charge on any atom is -0.388 e. The number of hydrogen-bond acceptors (Lipinski definition) is 8. The van der Waals surface area contributed by atoms with Crippen LogP contribution in [0.1, 0.15) is 0 Å². The fourth-order valence-electron chi connectivity index (χ4n) is 0.893. The summed E-state index contributed by atoms with van der Waals surface area (Å²) in [7, 11) is 0. The van der Waals surface area contributed by atoms with E-state index in [1.165, 1.54) is 0 Å². The average Bonchev–Trinajstić information content (AvgIpc) is 2.31. The monoisotopic (exact) mass is 386 g/mol. The van der Waals surface area contributed by atoms with Crippen molar-refractivity contribution in [2.75, 3.05) is 52.9 Å². The Labute approximate surface area is 143 Å². The van der Waals surface area contributed by atoms with Gasteiger partial charge in [-0.15, -0.1) is 0 Å². The van der Waals surface area contributed by atoms with Crippen LogP contribution in [0, 0.1) is 0 Å². The molecule has 4 rings (SSSR count). The zero-order valence-corrected chi connectivity index (χ0v) is 14.3. The van der Waals surface area contributed by atoms with Crippen molar-refractivity contribution in [3.63, 3.8) is 0 Å². The van der Waals surface area contributed by atoms with Gasteiger partial charge in [0.1, 0.15) is 24.4 Å². The third-order valence-electron chi connectivity index (χ3n) is 2.48. The summed E-state index contributed by atoms with van der Waals surface area (Å²) in [5, 5.41) is 33.3. The van der Waals surface area contributed by atoms with Crippen molar-refractivity contribution in [1.29, 1.82) is 0 Å². The first-order valence-corrected chi connectivity index (χ1v) is 6.61. The van der Waals surface area contributed by atoms with Crippen LogP contribution in [0.15, 0.2) is 0 Å². The first-order chi connectivity index (χ1) is 9.58. The summed E-state index contributed by atoms with van der Waals surface area (Å²) >= 11 is 0. The molecule has 4 N–H and O–H groups in total. The molecule has 0 aliphatic carbocycles. The Bertz CT molecular complexity index is 181. The van der Waals surface area contributed by atoms with E-state index in [1.807, 2.05) is 0 Å². The minimum atomic E-state index is -0.157. The van der Waals surface area contributed by atoms with Gasteiger partial charge in [-0.1, -0.05) is 0 Å². The second-order valence-corrected chi connectivity index (χ2v) is 4.77. The maximum atomic E-state index is 8.32. The van der Waals surface area contributed by atoms with Gasteiger partial charge in [-0.25, -0.2) is 0 Å². The first-order valence-electron chi connectivity index (χ1n) is 6.61. The van der Waals surface area contributed by atoms with Gasteiger partial charge in [-0.3, -0.25) is 0 Å². The fraction of sp³-hybridized carbons (Fsp3) is 1.00. The van der Waals surface area contributed by atoms with Crippen LogP contribution >= 0.6 is 0 Å². The van der Waals surface area contributed by atoms with Crippen molar-refractivity contribution in [2.45, 2.75) is 24.4 Å². The van der Waals surface area contributed by atoms with Gasteiger partial charge < -0.3 is 39.4 Å². The number of ether oxygens (including phenoxy) is 4. The van der Waals surface area contributed by atoms with Crippen molar-refractivity contribution < 1.29 is 65.6 Å². The Hall–Kier alpha value is 0.563. The van der Waals surface area contributed by atoms with Gasteiger partial charge in [-0.05, 0) is 0 Å². The van der Waals surface area contributed by atoms with Crippen LogP contribution < -0.4 is 0 Å². The van der Waals surface area contributed by atoms with Crippen molar-refractivity contribution in [3.8, 4) is 0 Å². The Balaban J connectivity index is 0.000000250. The van der Waals surface area contributed by atoms with E-state index in [4.69, 9.17) is 20.4 Å². The van der Waals surface area contributed by atoms with Gasteiger partial charge >= 0.3 is 0 Å². The molecule has 124 valence electrons. The molecule has 0 bridgehead atoms. The normalized spacial score (nSPS) is 24.6. The first kappa shape index (κ1) is 21.6. The quantitative estimate of drug-likeness (QED) is 0.361. The van der Waals surface area contributed by atoms with E-state index < -0.39 is 0 Å². The van der Waals surface area contributed by atoms with E-state index in [9.17, 15) is 0 Å². The molecule has 0 amide bonds. The number of aliphatic hydroxyl groups excluding tert-OH is 4. The Morgan fingerprint density at radius 2 is 0.524 bits per heavy atom. The van der Waals surface area contributed by atoms with E-state index in [-0.39, 0.29) is 50.6 Å². The second kappa shape index (κ2) is 13.0. The summed E-state index contributed by atoms with van der Waals surface area (Å²) in [5.41, 5.74) is 0. The third kappa shape index (κ3) is 11.7. The van der Waals surface area contributed by atoms with Gasteiger partial charge in [0, 0.05) is 26.2 Å². The fourth-order valence-corrected chi connectivity index (χ4v) is 0.893. The summed E-state index contributed by atoms with van der Waals surface area (Å²) in [6.45, 7) is 4.33. The van der Waals surface area contributed by atoms with E-state index in [0.29, 0.717) is 52.9 Å². The van der Waals surface area contributed by atoms with E-state index >= 15 is 0 Å². The maximum absolute atomic E-state index is 8.32. The molecule has 8 nitrogen and oxygen atoms in total. The molecule has 0 saturated carbocycles. The molecule has 0 unspecified atom stereocenters. The summed E-state index contributed by atoms with van der Waals surface area (Å²) in [5.74, 6) is 0. The molecule has 0 spiro atoms. The van der Waals surface area contributed by atoms with Crippen LogP contribution in [0.3, 0.4) is 0 Å². The third-order valence-corrected chi connectivity index (χ3v) is 2.48. The molecule has 0 aromatic heterocycles. The number of rotatable bonds is 0. The van der Waals surface area contributed by atoms with E-state index in [0.717, 1.165) is 0 Å².